The molecule has 0 fully saturated rings. The molecule has 0 amide bonds. The van der Waals surface area contributed by atoms with Gasteiger partial charge in [0.15, 0.2) is 0 Å². The van der Waals surface area contributed by atoms with Crippen molar-refractivity contribution in [2.24, 2.45) is 0 Å². The van der Waals surface area contributed by atoms with Gasteiger partial charge in [-0.3, -0.25) is 5.32 Å². The molecule has 1 unspecified atom stereocenters. The Balaban J connectivity index is 2.44. The zero-order chi connectivity index (χ0) is 15.0. The van der Waals surface area contributed by atoms with E-state index in [-0.39, 0.29) is 5.82 Å². The van der Waals surface area contributed by atoms with Gasteiger partial charge in [0.2, 0.25) is 0 Å². The summed E-state index contributed by atoms with van der Waals surface area (Å²) in [6, 6.07) is 7.10. The Kier molecular flexibility index (Phi) is 6.47. The van der Waals surface area contributed by atoms with Crippen LogP contribution in [0.1, 0.15) is 38.7 Å². The third-order valence-corrected chi connectivity index (χ3v) is 3.48. The topological polar surface area (TPSA) is 45.0 Å². The number of ether oxygens (including phenoxy) is 1. The molecule has 0 aliphatic heterocycles. The second kappa shape index (κ2) is 7.86. The zero-order valence-electron chi connectivity index (χ0n) is 12.5. The Hall–Kier alpha value is -1.60. The molecule has 0 radical (unpaired) electrons. The fourth-order valence-electron chi connectivity index (χ4n) is 2.17. The van der Waals surface area contributed by atoms with Crippen LogP contribution in [-0.4, -0.2) is 18.7 Å². The van der Waals surface area contributed by atoms with E-state index in [0.29, 0.717) is 17.9 Å². The molecule has 4 heteroatoms. The molecule has 0 bridgehead atoms. The molecule has 0 aliphatic carbocycles. The van der Waals surface area contributed by atoms with Crippen molar-refractivity contribution >= 4 is 0 Å². The van der Waals surface area contributed by atoms with Gasteiger partial charge in [-0.05, 0) is 56.5 Å². The summed E-state index contributed by atoms with van der Waals surface area (Å²) in [5.74, 6) is 0.449. The lowest BCUT2D eigenvalue weighted by Gasteiger charge is -2.26. The summed E-state index contributed by atoms with van der Waals surface area (Å²) in [6.07, 6.45) is 2.30. The average Bonchev–Trinajstić information content (AvgIpc) is 2.46. The summed E-state index contributed by atoms with van der Waals surface area (Å²) in [5.41, 5.74) is 0.117. The van der Waals surface area contributed by atoms with E-state index in [1.165, 1.54) is 6.07 Å². The molecule has 20 heavy (non-hydrogen) atoms. The smallest absolute Gasteiger partial charge is 0.126 e. The highest BCUT2D eigenvalue weighted by atomic mass is 19.1. The van der Waals surface area contributed by atoms with Crippen LogP contribution in [0.15, 0.2) is 18.2 Å². The molecule has 1 aromatic rings. The third kappa shape index (κ3) is 4.50. The SMILES string of the molecule is CCNC(C#N)(CC)CCCOc1ccc(F)c(C)c1. The van der Waals surface area contributed by atoms with Crippen LogP contribution < -0.4 is 10.1 Å². The van der Waals surface area contributed by atoms with Crippen molar-refractivity contribution in [1.82, 2.24) is 5.32 Å². The van der Waals surface area contributed by atoms with E-state index in [9.17, 15) is 9.65 Å². The molecular formula is C16H23FN2O. The first-order valence-electron chi connectivity index (χ1n) is 7.12. The van der Waals surface area contributed by atoms with Gasteiger partial charge < -0.3 is 4.74 Å². The summed E-state index contributed by atoms with van der Waals surface area (Å²) >= 11 is 0. The van der Waals surface area contributed by atoms with Crippen molar-refractivity contribution < 1.29 is 9.13 Å². The van der Waals surface area contributed by atoms with Crippen molar-refractivity contribution in [3.05, 3.63) is 29.6 Å². The Morgan fingerprint density at radius 3 is 2.70 bits per heavy atom. The van der Waals surface area contributed by atoms with Gasteiger partial charge in [0.1, 0.15) is 17.1 Å². The van der Waals surface area contributed by atoms with Gasteiger partial charge in [-0.15, -0.1) is 0 Å². The fraction of sp³-hybridized carbons (Fsp3) is 0.562. The standard InChI is InChI=1S/C16H23FN2O/c1-4-16(12-18,19-5-2)9-6-10-20-14-7-8-15(17)13(3)11-14/h7-8,11,19H,4-6,9-10H2,1-3H3. The molecule has 0 spiro atoms. The van der Waals surface area contributed by atoms with Crippen molar-refractivity contribution in [3.8, 4) is 11.8 Å². The molecular weight excluding hydrogens is 255 g/mol. The summed E-state index contributed by atoms with van der Waals surface area (Å²) in [5, 5.41) is 12.5. The maximum absolute atomic E-state index is 13.1. The molecule has 1 N–H and O–H groups in total. The molecule has 0 saturated heterocycles. The molecule has 3 nitrogen and oxygen atoms in total. The summed E-state index contributed by atoms with van der Waals surface area (Å²) in [6.45, 7) is 7.03. The monoisotopic (exact) mass is 278 g/mol. The van der Waals surface area contributed by atoms with Crippen LogP contribution in [-0.2, 0) is 0 Å². The van der Waals surface area contributed by atoms with Crippen LogP contribution in [0, 0.1) is 24.1 Å². The molecule has 1 rings (SSSR count). The van der Waals surface area contributed by atoms with E-state index in [1.54, 1.807) is 19.1 Å². The number of nitrogens with zero attached hydrogens (tertiary/aromatic N) is 1. The normalized spacial score (nSPS) is 13.6. The molecule has 0 aliphatic rings. The number of nitrogens with one attached hydrogen (secondary N) is 1. The van der Waals surface area contributed by atoms with Gasteiger partial charge in [-0.25, -0.2) is 4.39 Å². The number of rotatable bonds is 8. The highest BCUT2D eigenvalue weighted by Crippen LogP contribution is 2.19. The number of nitriles is 1. The Bertz CT molecular complexity index is 470. The summed E-state index contributed by atoms with van der Waals surface area (Å²) in [7, 11) is 0. The molecule has 0 heterocycles. The minimum Gasteiger partial charge on any atom is -0.494 e. The van der Waals surface area contributed by atoms with Gasteiger partial charge in [0, 0.05) is 0 Å². The van der Waals surface area contributed by atoms with E-state index >= 15 is 0 Å². The maximum atomic E-state index is 13.1. The van der Waals surface area contributed by atoms with E-state index < -0.39 is 5.54 Å². The Labute approximate surface area is 120 Å². The van der Waals surface area contributed by atoms with E-state index in [4.69, 9.17) is 4.74 Å². The van der Waals surface area contributed by atoms with E-state index in [0.717, 1.165) is 25.8 Å². The first-order valence-corrected chi connectivity index (χ1v) is 7.12. The van der Waals surface area contributed by atoms with Crippen LogP contribution >= 0.6 is 0 Å². The molecule has 0 saturated carbocycles. The predicted molar refractivity (Wildman–Crippen MR) is 78.2 cm³/mol. The molecule has 1 atom stereocenters. The second-order valence-electron chi connectivity index (χ2n) is 4.94. The lowest BCUT2D eigenvalue weighted by molar-refractivity contribution is 0.277. The van der Waals surface area contributed by atoms with Gasteiger partial charge >= 0.3 is 0 Å². The van der Waals surface area contributed by atoms with Gasteiger partial charge in [0.25, 0.3) is 0 Å². The predicted octanol–water partition coefficient (Wildman–Crippen LogP) is 3.58. The zero-order valence-corrected chi connectivity index (χ0v) is 12.5. The molecule has 110 valence electrons. The van der Waals surface area contributed by atoms with Crippen LogP contribution in [0.4, 0.5) is 4.39 Å². The highest BCUT2D eigenvalue weighted by Gasteiger charge is 2.25. The largest absolute Gasteiger partial charge is 0.494 e. The highest BCUT2D eigenvalue weighted by molar-refractivity contribution is 5.28. The number of hydrogen-bond donors (Lipinski definition) is 1. The van der Waals surface area contributed by atoms with Gasteiger partial charge in [-0.2, -0.15) is 5.26 Å². The van der Waals surface area contributed by atoms with Gasteiger partial charge in [0.05, 0.1) is 12.7 Å². The maximum Gasteiger partial charge on any atom is 0.126 e. The first kappa shape index (κ1) is 16.5. The third-order valence-electron chi connectivity index (χ3n) is 3.48. The fourth-order valence-corrected chi connectivity index (χ4v) is 2.17. The second-order valence-corrected chi connectivity index (χ2v) is 4.94. The Morgan fingerprint density at radius 1 is 1.40 bits per heavy atom. The minimum absolute atomic E-state index is 0.223. The minimum atomic E-state index is -0.461. The van der Waals surface area contributed by atoms with E-state index in [1.807, 2.05) is 13.8 Å². The number of halogens is 1. The van der Waals surface area contributed by atoms with Crippen molar-refractivity contribution in [2.45, 2.75) is 45.6 Å². The molecule has 1 aromatic carbocycles. The average molecular weight is 278 g/mol. The van der Waals surface area contributed by atoms with Crippen LogP contribution in [0.2, 0.25) is 0 Å². The lowest BCUT2D eigenvalue weighted by Crippen LogP contribution is -2.43. The summed E-state index contributed by atoms with van der Waals surface area (Å²) < 4.78 is 18.7. The van der Waals surface area contributed by atoms with Crippen LogP contribution in [0.5, 0.6) is 5.75 Å². The molecule has 0 aromatic heterocycles. The number of aryl methyl sites for hydroxylation is 1. The number of hydrogen-bond acceptors (Lipinski definition) is 3. The van der Waals surface area contributed by atoms with Crippen LogP contribution in [0.3, 0.4) is 0 Å². The van der Waals surface area contributed by atoms with Gasteiger partial charge in [-0.1, -0.05) is 13.8 Å². The number of benzene rings is 1. The first-order chi connectivity index (χ1) is 9.56. The van der Waals surface area contributed by atoms with Crippen LogP contribution in [0.25, 0.3) is 0 Å². The van der Waals surface area contributed by atoms with Crippen molar-refractivity contribution in [1.29, 1.82) is 5.26 Å². The van der Waals surface area contributed by atoms with Crippen molar-refractivity contribution in [3.63, 3.8) is 0 Å². The summed E-state index contributed by atoms with van der Waals surface area (Å²) in [4.78, 5) is 0. The van der Waals surface area contributed by atoms with E-state index in [2.05, 4.69) is 11.4 Å². The quantitative estimate of drug-likeness (QED) is 0.739. The lowest BCUT2D eigenvalue weighted by atomic mass is 9.92. The Morgan fingerprint density at radius 2 is 2.15 bits per heavy atom. The van der Waals surface area contributed by atoms with Crippen molar-refractivity contribution in [2.75, 3.05) is 13.2 Å².